The van der Waals surface area contributed by atoms with Gasteiger partial charge in [0.2, 0.25) is 10.0 Å². The van der Waals surface area contributed by atoms with Gasteiger partial charge >= 0.3 is 0 Å². The third-order valence-corrected chi connectivity index (χ3v) is 5.84. The van der Waals surface area contributed by atoms with Crippen LogP contribution in [0.1, 0.15) is 47.7 Å². The van der Waals surface area contributed by atoms with E-state index in [1.807, 2.05) is 6.07 Å². The first-order valence-electron chi connectivity index (χ1n) is 8.13. The minimum absolute atomic E-state index is 0.0858. The Morgan fingerprint density at radius 3 is 2.74 bits per heavy atom. The Bertz CT molecular complexity index is 668. The molecule has 1 aromatic rings. The largest absolute Gasteiger partial charge is 0.352 e. The van der Waals surface area contributed by atoms with Crippen molar-refractivity contribution in [3.8, 4) is 0 Å². The lowest BCUT2D eigenvalue weighted by molar-refractivity contribution is 0.0951. The Balaban J connectivity index is 1.63. The van der Waals surface area contributed by atoms with Crippen LogP contribution in [0.2, 0.25) is 0 Å². The summed E-state index contributed by atoms with van der Waals surface area (Å²) in [6.45, 7) is 1.79. The van der Waals surface area contributed by atoms with E-state index >= 15 is 0 Å². The molecule has 0 aromatic carbocycles. The van der Waals surface area contributed by atoms with Gasteiger partial charge in [0, 0.05) is 37.4 Å². The molecule has 2 fully saturated rings. The first-order chi connectivity index (χ1) is 10.9. The summed E-state index contributed by atoms with van der Waals surface area (Å²) in [7, 11) is -3.16. The molecule has 6 nitrogen and oxygen atoms in total. The van der Waals surface area contributed by atoms with Gasteiger partial charge in [-0.2, -0.15) is 0 Å². The van der Waals surface area contributed by atoms with E-state index in [9.17, 15) is 13.2 Å². The van der Waals surface area contributed by atoms with Gasteiger partial charge in [0.1, 0.15) is 0 Å². The summed E-state index contributed by atoms with van der Waals surface area (Å²) in [6, 6.07) is 3.63. The van der Waals surface area contributed by atoms with Gasteiger partial charge in [-0.05, 0) is 43.7 Å². The van der Waals surface area contributed by atoms with E-state index in [1.165, 1.54) is 23.4 Å². The van der Waals surface area contributed by atoms with E-state index < -0.39 is 10.0 Å². The predicted octanol–water partition coefficient (Wildman–Crippen LogP) is 1.36. The topological polar surface area (TPSA) is 79.4 Å². The van der Waals surface area contributed by atoms with Crippen LogP contribution in [-0.4, -0.2) is 49.5 Å². The third kappa shape index (κ3) is 4.29. The number of pyridine rings is 1. The highest BCUT2D eigenvalue weighted by Gasteiger charge is 2.27. The van der Waals surface area contributed by atoms with Crippen molar-refractivity contribution in [2.45, 2.75) is 31.6 Å². The summed E-state index contributed by atoms with van der Waals surface area (Å²) >= 11 is 0. The summed E-state index contributed by atoms with van der Waals surface area (Å²) in [4.78, 5) is 16.4. The second kappa shape index (κ2) is 6.57. The van der Waals surface area contributed by atoms with Crippen LogP contribution in [0.3, 0.4) is 0 Å². The molecule has 1 amide bonds. The van der Waals surface area contributed by atoms with E-state index in [1.54, 1.807) is 12.3 Å². The van der Waals surface area contributed by atoms with Crippen molar-refractivity contribution in [3.05, 3.63) is 29.6 Å². The smallest absolute Gasteiger partial charge is 0.252 e. The van der Waals surface area contributed by atoms with E-state index in [2.05, 4.69) is 10.3 Å². The maximum atomic E-state index is 12.0. The molecule has 3 rings (SSSR count). The Kier molecular flexibility index (Phi) is 4.68. The first-order valence-corrected chi connectivity index (χ1v) is 9.97. The molecule has 0 spiro atoms. The minimum atomic E-state index is -3.16. The van der Waals surface area contributed by atoms with Crippen molar-refractivity contribution in [1.29, 1.82) is 0 Å². The summed E-state index contributed by atoms with van der Waals surface area (Å²) in [5.74, 6) is 0.662. The van der Waals surface area contributed by atoms with Crippen LogP contribution in [0.4, 0.5) is 0 Å². The van der Waals surface area contributed by atoms with Gasteiger partial charge in [-0.25, -0.2) is 12.7 Å². The molecule has 1 N–H and O–H groups in total. The summed E-state index contributed by atoms with van der Waals surface area (Å²) < 4.78 is 24.9. The van der Waals surface area contributed by atoms with Gasteiger partial charge in [0.15, 0.2) is 0 Å². The number of hydrogen-bond donors (Lipinski definition) is 1. The molecule has 23 heavy (non-hydrogen) atoms. The van der Waals surface area contributed by atoms with Crippen molar-refractivity contribution in [2.24, 2.45) is 5.92 Å². The Hall–Kier alpha value is -1.47. The quantitative estimate of drug-likeness (QED) is 0.880. The zero-order valence-electron chi connectivity index (χ0n) is 13.4. The van der Waals surface area contributed by atoms with Crippen LogP contribution in [0.15, 0.2) is 18.3 Å². The highest BCUT2D eigenvalue weighted by molar-refractivity contribution is 7.88. The number of hydrogen-bond acceptors (Lipinski definition) is 4. The maximum absolute atomic E-state index is 12.0. The van der Waals surface area contributed by atoms with Crippen LogP contribution < -0.4 is 5.32 Å². The van der Waals surface area contributed by atoms with E-state index in [4.69, 9.17) is 0 Å². The highest BCUT2D eigenvalue weighted by atomic mass is 32.2. The second-order valence-electron chi connectivity index (χ2n) is 6.59. The molecule has 1 saturated carbocycles. The van der Waals surface area contributed by atoms with Gasteiger partial charge in [0.05, 0.1) is 11.8 Å². The third-order valence-electron chi connectivity index (χ3n) is 4.57. The fraction of sp³-hybridized carbons (Fsp3) is 0.625. The lowest BCUT2D eigenvalue weighted by Crippen LogP contribution is -2.38. The van der Waals surface area contributed by atoms with Gasteiger partial charge in [-0.1, -0.05) is 0 Å². The second-order valence-corrected chi connectivity index (χ2v) is 8.57. The fourth-order valence-electron chi connectivity index (χ4n) is 2.93. The zero-order valence-corrected chi connectivity index (χ0v) is 14.2. The number of rotatable bonds is 5. The molecule has 126 valence electrons. The monoisotopic (exact) mass is 337 g/mol. The average Bonchev–Trinajstić information content (AvgIpc) is 3.36. The molecule has 7 heteroatoms. The average molecular weight is 337 g/mol. The van der Waals surface area contributed by atoms with Gasteiger partial charge < -0.3 is 5.32 Å². The lowest BCUT2D eigenvalue weighted by atomic mass is 9.95. The van der Waals surface area contributed by atoms with Gasteiger partial charge in [-0.3, -0.25) is 9.78 Å². The fourth-order valence-corrected chi connectivity index (χ4v) is 3.84. The number of nitrogens with zero attached hydrogens (tertiary/aromatic N) is 2. The minimum Gasteiger partial charge on any atom is -0.352 e. The number of piperidine rings is 1. The Morgan fingerprint density at radius 1 is 1.35 bits per heavy atom. The number of amides is 1. The van der Waals surface area contributed by atoms with Crippen LogP contribution in [-0.2, 0) is 10.0 Å². The first kappa shape index (κ1) is 16.4. The summed E-state index contributed by atoms with van der Waals surface area (Å²) in [5, 5.41) is 2.92. The Labute approximate surface area is 137 Å². The van der Waals surface area contributed by atoms with E-state index in [-0.39, 0.29) is 11.8 Å². The molecule has 1 atom stereocenters. The summed E-state index contributed by atoms with van der Waals surface area (Å²) in [6.07, 6.45) is 7.01. The zero-order chi connectivity index (χ0) is 16.4. The van der Waals surface area contributed by atoms with Gasteiger partial charge in [-0.15, -0.1) is 0 Å². The molecule has 1 unspecified atom stereocenters. The van der Waals surface area contributed by atoms with Crippen molar-refractivity contribution < 1.29 is 13.2 Å². The molecule has 0 bridgehead atoms. The molecule has 1 aliphatic heterocycles. The van der Waals surface area contributed by atoms with Crippen molar-refractivity contribution >= 4 is 15.9 Å². The van der Waals surface area contributed by atoms with Crippen LogP contribution >= 0.6 is 0 Å². The number of aromatic nitrogens is 1. The van der Waals surface area contributed by atoms with Crippen LogP contribution in [0, 0.1) is 5.92 Å². The molecule has 2 aliphatic rings. The van der Waals surface area contributed by atoms with Crippen molar-refractivity contribution in [1.82, 2.24) is 14.6 Å². The number of carbonyl (C=O) groups excluding carboxylic acids is 1. The molecule has 1 saturated heterocycles. The highest BCUT2D eigenvalue weighted by Crippen LogP contribution is 2.28. The molecule has 1 aromatic heterocycles. The lowest BCUT2D eigenvalue weighted by Gasteiger charge is -2.30. The van der Waals surface area contributed by atoms with E-state index in [0.717, 1.165) is 25.1 Å². The predicted molar refractivity (Wildman–Crippen MR) is 87.7 cm³/mol. The van der Waals surface area contributed by atoms with Crippen molar-refractivity contribution in [2.75, 3.05) is 25.9 Å². The van der Waals surface area contributed by atoms with Gasteiger partial charge in [0.25, 0.3) is 5.91 Å². The number of carbonyl (C=O) groups is 1. The molecule has 2 heterocycles. The molecule has 1 aliphatic carbocycles. The molecular weight excluding hydrogens is 314 g/mol. The molecular formula is C16H23N3O3S. The SMILES string of the molecule is CS(=O)(=O)N1CCCC(c2ccc(C(=O)NCC3CC3)cn2)C1. The van der Waals surface area contributed by atoms with Crippen LogP contribution in [0.25, 0.3) is 0 Å². The number of sulfonamides is 1. The Morgan fingerprint density at radius 2 is 2.13 bits per heavy atom. The summed E-state index contributed by atoms with van der Waals surface area (Å²) in [5.41, 5.74) is 1.42. The number of nitrogens with one attached hydrogen (secondary N) is 1. The maximum Gasteiger partial charge on any atom is 0.252 e. The van der Waals surface area contributed by atoms with E-state index in [0.29, 0.717) is 24.6 Å². The van der Waals surface area contributed by atoms with Crippen LogP contribution in [0.5, 0.6) is 0 Å². The van der Waals surface area contributed by atoms with Crippen molar-refractivity contribution in [3.63, 3.8) is 0 Å². The molecule has 0 radical (unpaired) electrons. The normalized spacial score (nSPS) is 22.7. The standard InChI is InChI=1S/C16H23N3O3S/c1-23(21,22)19-8-2-3-14(11-19)15-7-6-13(10-17-15)16(20)18-9-12-4-5-12/h6-7,10,12,14H,2-5,8-9,11H2,1H3,(H,18,20).